The van der Waals surface area contributed by atoms with E-state index in [0.717, 1.165) is 84.4 Å². The minimum absolute atomic E-state index is 0.0264. The number of morpholine rings is 1. The lowest BCUT2D eigenvalue weighted by atomic mass is 10.1. The molecule has 228 valence electrons. The topological polar surface area (TPSA) is 88.7 Å². The smallest absolute Gasteiger partial charge is 0.250 e. The number of pyridine rings is 2. The van der Waals surface area contributed by atoms with E-state index in [1.807, 2.05) is 6.20 Å². The van der Waals surface area contributed by atoms with Crippen molar-refractivity contribution in [2.45, 2.75) is 58.1 Å². The summed E-state index contributed by atoms with van der Waals surface area (Å²) < 4.78 is 17.2. The summed E-state index contributed by atoms with van der Waals surface area (Å²) in [5, 5.41) is 3.76. The van der Waals surface area contributed by atoms with Crippen LogP contribution in [0.4, 0.5) is 11.4 Å². The summed E-state index contributed by atoms with van der Waals surface area (Å²) in [5.74, 6) is 0. The van der Waals surface area contributed by atoms with E-state index in [1.165, 1.54) is 14.7 Å². The van der Waals surface area contributed by atoms with Crippen molar-refractivity contribution >= 4 is 34.9 Å². The zero-order valence-corrected chi connectivity index (χ0v) is 26.3. The van der Waals surface area contributed by atoms with Crippen LogP contribution in [0.1, 0.15) is 36.6 Å². The molecule has 2 aromatic carbocycles. The third-order valence-corrected chi connectivity index (χ3v) is 10.7. The highest BCUT2D eigenvalue weighted by Gasteiger charge is 2.24. The fourth-order valence-electron chi connectivity index (χ4n) is 5.77. The molecule has 1 atom stereocenters. The number of H-pyrrole nitrogens is 1. The Balaban J connectivity index is 1.12. The molecule has 7 rings (SSSR count). The summed E-state index contributed by atoms with van der Waals surface area (Å²) in [6.45, 7) is 6.49. The number of fused-ring (bicyclic) bond motifs is 2. The molecule has 2 saturated heterocycles. The molecule has 8 nitrogen and oxygen atoms in total. The van der Waals surface area contributed by atoms with Crippen LogP contribution in [0.3, 0.4) is 0 Å². The fraction of sp³-hybridized carbons (Fsp3) is 0.353. The van der Waals surface area contributed by atoms with Crippen molar-refractivity contribution in [3.63, 3.8) is 0 Å². The first kappa shape index (κ1) is 29.4. The quantitative estimate of drug-likeness (QED) is 0.191. The summed E-state index contributed by atoms with van der Waals surface area (Å²) >= 11 is 3.52. The number of benzene rings is 2. The van der Waals surface area contributed by atoms with Gasteiger partial charge in [-0.25, -0.2) is 0 Å². The van der Waals surface area contributed by atoms with Crippen LogP contribution in [0.25, 0.3) is 11.3 Å². The molecule has 0 aliphatic carbocycles. The van der Waals surface area contributed by atoms with Gasteiger partial charge in [-0.3, -0.25) is 9.78 Å². The van der Waals surface area contributed by atoms with Gasteiger partial charge in [0.15, 0.2) is 6.29 Å². The van der Waals surface area contributed by atoms with Crippen LogP contribution in [-0.4, -0.2) is 55.8 Å². The van der Waals surface area contributed by atoms with Crippen molar-refractivity contribution in [2.24, 2.45) is 0 Å². The highest BCUT2D eigenvalue weighted by molar-refractivity contribution is 8.05. The van der Waals surface area contributed by atoms with Gasteiger partial charge in [-0.15, -0.1) is 0 Å². The van der Waals surface area contributed by atoms with Crippen LogP contribution in [-0.2, 0) is 14.2 Å². The highest BCUT2D eigenvalue weighted by atomic mass is 32.2. The van der Waals surface area contributed by atoms with Gasteiger partial charge in [0.2, 0.25) is 5.56 Å². The SMILES string of the molecule is Cc1ccc(C(CCC2OCCCO2)Nc2ccc3c(c2)Sc2cccc(-c4cc(N5CCOCC5)cc(=O)[nH]4)c2S3)nc1. The van der Waals surface area contributed by atoms with Gasteiger partial charge in [0.1, 0.15) is 0 Å². The average Bonchev–Trinajstić information content (AvgIpc) is 3.06. The van der Waals surface area contributed by atoms with Crippen molar-refractivity contribution in [3.8, 4) is 11.3 Å². The molecular weight excluding hydrogens is 593 g/mol. The zero-order valence-electron chi connectivity index (χ0n) is 24.7. The third kappa shape index (κ3) is 6.69. The van der Waals surface area contributed by atoms with Crippen molar-refractivity contribution in [2.75, 3.05) is 49.7 Å². The van der Waals surface area contributed by atoms with Gasteiger partial charge in [0.05, 0.1) is 43.9 Å². The van der Waals surface area contributed by atoms with Gasteiger partial charge >= 0.3 is 0 Å². The van der Waals surface area contributed by atoms with E-state index in [2.05, 4.69) is 76.7 Å². The van der Waals surface area contributed by atoms with Crippen LogP contribution in [0.5, 0.6) is 0 Å². The number of hydrogen-bond acceptors (Lipinski definition) is 9. The molecule has 0 bridgehead atoms. The van der Waals surface area contributed by atoms with Crippen LogP contribution in [0.15, 0.2) is 91.2 Å². The lowest BCUT2D eigenvalue weighted by Crippen LogP contribution is -2.36. The van der Waals surface area contributed by atoms with Crippen LogP contribution < -0.4 is 15.8 Å². The normalized spacial score (nSPS) is 17.5. The lowest BCUT2D eigenvalue weighted by Gasteiger charge is -2.29. The van der Waals surface area contributed by atoms with E-state index in [9.17, 15) is 4.79 Å². The molecule has 10 heteroatoms. The Morgan fingerprint density at radius 3 is 2.66 bits per heavy atom. The molecule has 0 amide bonds. The number of ether oxygens (including phenoxy) is 3. The monoisotopic (exact) mass is 628 g/mol. The van der Waals surface area contributed by atoms with E-state index < -0.39 is 0 Å². The predicted octanol–water partition coefficient (Wildman–Crippen LogP) is 6.89. The number of hydrogen-bond donors (Lipinski definition) is 2. The van der Waals surface area contributed by atoms with Gasteiger partial charge in [0.25, 0.3) is 0 Å². The molecule has 2 fully saturated rings. The molecule has 4 aromatic rings. The Bertz CT molecular complexity index is 1670. The van der Waals surface area contributed by atoms with Gasteiger partial charge in [0, 0.05) is 68.3 Å². The summed E-state index contributed by atoms with van der Waals surface area (Å²) in [6, 6.07) is 20.9. The van der Waals surface area contributed by atoms with Gasteiger partial charge < -0.3 is 29.4 Å². The molecule has 3 aliphatic heterocycles. The number of aryl methyl sites for hydroxylation is 1. The lowest BCUT2D eigenvalue weighted by molar-refractivity contribution is -0.181. The standard InChI is InChI=1S/C34H36N4O4S2/c1-22-6-8-26(35-21-22)27(9-11-33-41-14-3-15-42-33)36-23-7-10-29-31(18-23)43-30-5-2-4-25(34(30)44-29)28-19-24(20-32(39)37-28)38-12-16-40-17-13-38/h2,4-8,10,18-21,27,33,36H,3,9,11-17H2,1H3,(H,37,39). The highest BCUT2D eigenvalue weighted by Crippen LogP contribution is 2.52. The first-order valence-electron chi connectivity index (χ1n) is 15.2. The molecule has 1 unspecified atom stereocenters. The van der Waals surface area contributed by atoms with Crippen molar-refractivity contribution in [1.82, 2.24) is 9.97 Å². The maximum atomic E-state index is 12.7. The van der Waals surface area contributed by atoms with Gasteiger partial charge in [-0.1, -0.05) is 41.7 Å². The molecule has 2 aromatic heterocycles. The van der Waals surface area contributed by atoms with E-state index in [1.54, 1.807) is 29.6 Å². The van der Waals surface area contributed by atoms with Crippen LogP contribution >= 0.6 is 23.5 Å². The number of rotatable bonds is 8. The molecule has 0 radical (unpaired) electrons. The van der Waals surface area contributed by atoms with Gasteiger partial charge in [-0.05, 0) is 61.7 Å². The number of nitrogens with one attached hydrogen (secondary N) is 2. The zero-order chi connectivity index (χ0) is 29.9. The van der Waals surface area contributed by atoms with E-state index in [4.69, 9.17) is 19.2 Å². The third-order valence-electron chi connectivity index (χ3n) is 8.07. The summed E-state index contributed by atoms with van der Waals surface area (Å²) in [4.78, 5) is 27.5. The number of anilines is 2. The predicted molar refractivity (Wildman–Crippen MR) is 175 cm³/mol. The van der Waals surface area contributed by atoms with Gasteiger partial charge in [-0.2, -0.15) is 0 Å². The van der Waals surface area contributed by atoms with Crippen molar-refractivity contribution in [3.05, 3.63) is 88.5 Å². The minimum atomic E-state index is -0.163. The Labute approximate surface area is 265 Å². The van der Waals surface area contributed by atoms with Crippen molar-refractivity contribution < 1.29 is 14.2 Å². The Morgan fingerprint density at radius 2 is 1.84 bits per heavy atom. The van der Waals surface area contributed by atoms with Crippen LogP contribution in [0, 0.1) is 6.92 Å². The first-order chi connectivity index (χ1) is 21.6. The largest absolute Gasteiger partial charge is 0.378 e. The number of aromatic amines is 1. The molecule has 44 heavy (non-hydrogen) atoms. The second-order valence-corrected chi connectivity index (χ2v) is 13.4. The summed E-state index contributed by atoms with van der Waals surface area (Å²) in [5.41, 5.74) is 5.93. The number of nitrogens with zero attached hydrogens (tertiary/aromatic N) is 2. The molecule has 0 saturated carbocycles. The Morgan fingerprint density at radius 1 is 0.977 bits per heavy atom. The van der Waals surface area contributed by atoms with E-state index in [-0.39, 0.29) is 17.9 Å². The maximum absolute atomic E-state index is 12.7. The average molecular weight is 629 g/mol. The van der Waals surface area contributed by atoms with Crippen molar-refractivity contribution in [1.29, 1.82) is 0 Å². The molecule has 0 spiro atoms. The maximum Gasteiger partial charge on any atom is 0.250 e. The fourth-order valence-corrected chi connectivity index (χ4v) is 8.18. The molecule has 5 heterocycles. The summed E-state index contributed by atoms with van der Waals surface area (Å²) in [7, 11) is 0. The Kier molecular flexibility index (Phi) is 8.95. The molecule has 3 aliphatic rings. The van der Waals surface area contributed by atoms with Crippen LogP contribution in [0.2, 0.25) is 0 Å². The Hall–Kier alpha value is -3.28. The number of aromatic nitrogens is 2. The summed E-state index contributed by atoms with van der Waals surface area (Å²) in [6.07, 6.45) is 4.35. The molecule has 2 N–H and O–H groups in total. The molecular formula is C34H36N4O4S2. The van der Waals surface area contributed by atoms with E-state index >= 15 is 0 Å². The first-order valence-corrected chi connectivity index (χ1v) is 16.8. The minimum Gasteiger partial charge on any atom is -0.378 e. The van der Waals surface area contributed by atoms with E-state index in [0.29, 0.717) is 13.2 Å². The second-order valence-electron chi connectivity index (χ2n) is 11.3. The second kappa shape index (κ2) is 13.4.